The molecule has 1 saturated heterocycles. The molecule has 0 aliphatic carbocycles. The van der Waals surface area contributed by atoms with Crippen LogP contribution in [0.25, 0.3) is 5.57 Å². The number of hydrogen-bond acceptors (Lipinski definition) is 4. The summed E-state index contributed by atoms with van der Waals surface area (Å²) in [5.41, 5.74) is -1.24. The molecule has 1 aliphatic heterocycles. The first kappa shape index (κ1) is 15.5. The Morgan fingerprint density at radius 2 is 1.77 bits per heavy atom. The second kappa shape index (κ2) is 5.37. The topological polar surface area (TPSA) is 31.6 Å². The summed E-state index contributed by atoms with van der Waals surface area (Å²) in [7, 11) is -1.04. The fourth-order valence-corrected chi connectivity index (χ4v) is 3.04. The summed E-state index contributed by atoms with van der Waals surface area (Å²) in [5, 5.41) is 1.90. The van der Waals surface area contributed by atoms with Gasteiger partial charge in [0.05, 0.1) is 23.0 Å². The number of rotatable bonds is 3. The lowest BCUT2D eigenvalue weighted by Crippen LogP contribution is -2.41. The van der Waals surface area contributed by atoms with Crippen molar-refractivity contribution in [3.05, 3.63) is 52.3 Å². The Morgan fingerprint density at radius 3 is 2.27 bits per heavy atom. The maximum atomic E-state index is 15.2. The van der Waals surface area contributed by atoms with Crippen molar-refractivity contribution in [3.8, 4) is 0 Å². The smallest absolute Gasteiger partial charge is 0.464 e. The van der Waals surface area contributed by atoms with Gasteiger partial charge in [-0.2, -0.15) is 0 Å². The Hall–Kier alpha value is -1.37. The van der Waals surface area contributed by atoms with Crippen molar-refractivity contribution in [1.29, 1.82) is 0 Å². The van der Waals surface area contributed by atoms with Gasteiger partial charge in [-0.05, 0) is 51.3 Å². The molecule has 0 atom stereocenters. The molecule has 2 aromatic rings. The van der Waals surface area contributed by atoms with Gasteiger partial charge in [-0.1, -0.05) is 6.07 Å². The first-order chi connectivity index (χ1) is 10.3. The summed E-state index contributed by atoms with van der Waals surface area (Å²) >= 11 is 1.45. The quantitative estimate of drug-likeness (QED) is 0.768. The third-order valence-corrected chi connectivity index (χ3v) is 5.12. The summed E-state index contributed by atoms with van der Waals surface area (Å²) < 4.78 is 32.2. The van der Waals surface area contributed by atoms with E-state index in [-0.39, 0.29) is 0 Å². The van der Waals surface area contributed by atoms with Gasteiger partial charge in [0.1, 0.15) is 11.5 Å². The summed E-state index contributed by atoms with van der Waals surface area (Å²) in [6, 6.07) is 7.20. The van der Waals surface area contributed by atoms with Gasteiger partial charge in [0.15, 0.2) is 0 Å². The Balaban J connectivity index is 2.05. The fourth-order valence-electron chi connectivity index (χ4n) is 2.26. The van der Waals surface area contributed by atoms with Gasteiger partial charge in [-0.3, -0.25) is 0 Å². The van der Waals surface area contributed by atoms with E-state index >= 15 is 4.39 Å². The Labute approximate surface area is 133 Å². The minimum Gasteiger partial charge on any atom is -0.464 e. The molecule has 6 heteroatoms. The zero-order valence-corrected chi connectivity index (χ0v) is 13.9. The zero-order valence-electron chi connectivity index (χ0n) is 13.1. The van der Waals surface area contributed by atoms with E-state index in [1.165, 1.54) is 17.6 Å². The monoisotopic (exact) mass is 320 g/mol. The first-order valence-electron chi connectivity index (χ1n) is 7.15. The van der Waals surface area contributed by atoms with Crippen molar-refractivity contribution in [2.45, 2.75) is 38.9 Å². The summed E-state index contributed by atoms with van der Waals surface area (Å²) in [5.74, 6) is 0.467. The van der Waals surface area contributed by atoms with Crippen molar-refractivity contribution < 1.29 is 18.1 Å². The van der Waals surface area contributed by atoms with E-state index in [4.69, 9.17) is 13.7 Å². The van der Waals surface area contributed by atoms with E-state index in [0.717, 1.165) is 4.88 Å². The molecule has 0 saturated carbocycles. The number of hydrogen-bond donors (Lipinski definition) is 0. The van der Waals surface area contributed by atoms with Crippen LogP contribution in [-0.4, -0.2) is 18.3 Å². The van der Waals surface area contributed by atoms with E-state index in [1.54, 1.807) is 12.1 Å². The van der Waals surface area contributed by atoms with Crippen molar-refractivity contribution in [2.75, 3.05) is 0 Å². The second-order valence-corrected chi connectivity index (χ2v) is 7.21. The van der Waals surface area contributed by atoms with E-state index < -0.39 is 24.0 Å². The summed E-state index contributed by atoms with van der Waals surface area (Å²) in [4.78, 5) is 0.780. The highest BCUT2D eigenvalue weighted by molar-refractivity contribution is 7.11. The molecule has 1 aliphatic rings. The van der Waals surface area contributed by atoms with Crippen LogP contribution in [0.4, 0.5) is 4.39 Å². The lowest BCUT2D eigenvalue weighted by atomic mass is 9.83. The largest absolute Gasteiger partial charge is 0.526 e. The highest BCUT2D eigenvalue weighted by Gasteiger charge is 2.53. The third-order valence-electron chi connectivity index (χ3n) is 4.23. The zero-order chi connectivity index (χ0) is 16.0. The van der Waals surface area contributed by atoms with Crippen LogP contribution in [0.5, 0.6) is 0 Å². The van der Waals surface area contributed by atoms with Crippen LogP contribution in [0.1, 0.15) is 38.3 Å². The van der Waals surface area contributed by atoms with Gasteiger partial charge in [0.25, 0.3) is 0 Å². The molecule has 0 radical (unpaired) electrons. The third kappa shape index (κ3) is 2.55. The predicted molar refractivity (Wildman–Crippen MR) is 86.2 cm³/mol. The molecule has 1 fully saturated rings. The highest BCUT2D eigenvalue weighted by Crippen LogP contribution is 2.41. The molecule has 3 rings (SSSR count). The minimum atomic E-state index is -1.04. The molecule has 2 aromatic heterocycles. The Morgan fingerprint density at radius 1 is 1.09 bits per heavy atom. The van der Waals surface area contributed by atoms with E-state index in [2.05, 4.69) is 0 Å². The highest BCUT2D eigenvalue weighted by atomic mass is 32.1. The molecule has 116 valence electrons. The van der Waals surface area contributed by atoms with E-state index in [0.29, 0.717) is 11.3 Å². The molecule has 0 amide bonds. The van der Waals surface area contributed by atoms with Crippen molar-refractivity contribution in [2.24, 2.45) is 0 Å². The van der Waals surface area contributed by atoms with Crippen LogP contribution in [0.2, 0.25) is 0 Å². The molecule has 0 aromatic carbocycles. The maximum absolute atomic E-state index is 15.2. The van der Waals surface area contributed by atoms with Gasteiger partial charge in [-0.15, -0.1) is 11.3 Å². The fraction of sp³-hybridized carbons (Fsp3) is 0.375. The second-order valence-electron chi connectivity index (χ2n) is 6.27. The number of furan rings is 1. The molecular formula is C16H18BFO3S. The van der Waals surface area contributed by atoms with Gasteiger partial charge < -0.3 is 13.7 Å². The van der Waals surface area contributed by atoms with Crippen molar-refractivity contribution in [3.63, 3.8) is 0 Å². The minimum absolute atomic E-state index is 0.388. The predicted octanol–water partition coefficient (Wildman–Crippen LogP) is 4.70. The molecule has 0 N–H and O–H groups in total. The van der Waals surface area contributed by atoms with Crippen LogP contribution in [0, 0.1) is 0 Å². The van der Waals surface area contributed by atoms with Crippen LogP contribution in [0.15, 0.2) is 46.1 Å². The average Bonchev–Trinajstić information content (AvgIpc) is 3.13. The molecule has 0 bridgehead atoms. The van der Waals surface area contributed by atoms with Gasteiger partial charge >= 0.3 is 7.12 Å². The summed E-state index contributed by atoms with van der Waals surface area (Å²) in [6.45, 7) is 7.60. The van der Waals surface area contributed by atoms with Gasteiger partial charge in [-0.25, -0.2) is 4.39 Å². The standard InChI is InChI=1S/C16H18BFO3S/c1-15(2)16(3,4)21-17(20-15)14(18)13(11-7-5-9-19-11)12-8-6-10-22-12/h5-10H,1-4H3. The van der Waals surface area contributed by atoms with E-state index in [9.17, 15) is 0 Å². The molecule has 0 spiro atoms. The molecule has 22 heavy (non-hydrogen) atoms. The van der Waals surface area contributed by atoms with Gasteiger partial charge in [0, 0.05) is 4.88 Å². The molecule has 3 nitrogen and oxygen atoms in total. The number of halogens is 1. The lowest BCUT2D eigenvalue weighted by Gasteiger charge is -2.32. The Kier molecular flexibility index (Phi) is 3.79. The van der Waals surface area contributed by atoms with Crippen LogP contribution in [0.3, 0.4) is 0 Å². The summed E-state index contributed by atoms with van der Waals surface area (Å²) in [6.07, 6.45) is 1.53. The SMILES string of the molecule is CC1(C)OB(C(F)=C(c2ccco2)c2cccs2)OC1(C)C. The maximum Gasteiger partial charge on any atom is 0.526 e. The Bertz CT molecular complexity index is 622. The van der Waals surface area contributed by atoms with Crippen molar-refractivity contribution in [1.82, 2.24) is 0 Å². The van der Waals surface area contributed by atoms with E-state index in [1.807, 2.05) is 45.2 Å². The normalized spacial score (nSPS) is 21.0. The molecule has 3 heterocycles. The first-order valence-corrected chi connectivity index (χ1v) is 8.03. The van der Waals surface area contributed by atoms with Gasteiger partial charge in [0.2, 0.25) is 0 Å². The molecular weight excluding hydrogens is 302 g/mol. The lowest BCUT2D eigenvalue weighted by molar-refractivity contribution is 0.00578. The van der Waals surface area contributed by atoms with Crippen LogP contribution < -0.4 is 0 Å². The van der Waals surface area contributed by atoms with Crippen molar-refractivity contribution >= 4 is 24.0 Å². The molecule has 0 unspecified atom stereocenters. The average molecular weight is 320 g/mol. The van der Waals surface area contributed by atoms with Crippen LogP contribution >= 0.6 is 11.3 Å². The number of thiophene rings is 1. The van der Waals surface area contributed by atoms with Crippen LogP contribution in [-0.2, 0) is 9.31 Å².